The lowest BCUT2D eigenvalue weighted by Gasteiger charge is -2.19. The Labute approximate surface area is 152 Å². The molecule has 23 heavy (non-hydrogen) atoms. The van der Waals surface area contributed by atoms with Crippen molar-refractivity contribution in [3.05, 3.63) is 11.1 Å². The minimum Gasteiger partial charge on any atom is -0.337 e. The number of fused-ring (bicyclic) bond motifs is 1. The summed E-state index contributed by atoms with van der Waals surface area (Å²) in [6.45, 7) is 5.19. The van der Waals surface area contributed by atoms with Gasteiger partial charge in [0, 0.05) is 25.4 Å². The van der Waals surface area contributed by atoms with E-state index in [2.05, 4.69) is 15.6 Å². The average Bonchev–Trinajstić information content (AvgIpc) is 3.03. The van der Waals surface area contributed by atoms with Crippen molar-refractivity contribution in [2.45, 2.75) is 19.8 Å². The number of hydrogen-bond donors (Lipinski definition) is 2. The van der Waals surface area contributed by atoms with E-state index in [0.717, 1.165) is 39.0 Å². The molecule has 0 unspecified atom stereocenters. The summed E-state index contributed by atoms with van der Waals surface area (Å²) in [5.74, 6) is 1.22. The van der Waals surface area contributed by atoms with Crippen molar-refractivity contribution in [3.8, 4) is 0 Å². The van der Waals surface area contributed by atoms with Gasteiger partial charge in [-0.3, -0.25) is 9.59 Å². The second-order valence-corrected chi connectivity index (χ2v) is 6.63. The highest BCUT2D eigenvalue weighted by atomic mass is 35.5. The van der Waals surface area contributed by atoms with Crippen LogP contribution in [-0.2, 0) is 4.79 Å². The quantitative estimate of drug-likeness (QED) is 0.822. The summed E-state index contributed by atoms with van der Waals surface area (Å²) in [5.41, 5.74) is 0.439. The van der Waals surface area contributed by atoms with Gasteiger partial charge in [0.2, 0.25) is 5.91 Å². The van der Waals surface area contributed by atoms with Crippen LogP contribution in [-0.4, -0.2) is 47.9 Å². The summed E-state index contributed by atoms with van der Waals surface area (Å²) < 4.78 is 0. The van der Waals surface area contributed by atoms with E-state index in [9.17, 15) is 9.59 Å². The predicted molar refractivity (Wildman–Crippen MR) is 95.9 cm³/mol. The molecule has 0 bridgehead atoms. The number of carbonyl (C=O) groups is 2. The number of aromatic nitrogens is 1. The normalized spacial score (nSPS) is 23.1. The van der Waals surface area contributed by atoms with Gasteiger partial charge in [-0.2, -0.15) is 0 Å². The van der Waals surface area contributed by atoms with Gasteiger partial charge in [-0.15, -0.1) is 36.2 Å². The number of halogens is 2. The fraction of sp³-hybridized carbons (Fsp3) is 0.643. The minimum absolute atomic E-state index is 0. The lowest BCUT2D eigenvalue weighted by Crippen LogP contribution is -2.33. The van der Waals surface area contributed by atoms with Crippen molar-refractivity contribution in [2.75, 3.05) is 31.5 Å². The SMILES string of the molecule is CC(=O)Nc1nc(C(=O)N2CC[C@@H]3CNC[C@@H]3CC2)cs1.Cl.Cl. The van der Waals surface area contributed by atoms with Crippen LogP contribution in [0.2, 0.25) is 0 Å². The second kappa shape index (κ2) is 8.82. The molecule has 0 radical (unpaired) electrons. The number of thiazole rings is 1. The Morgan fingerprint density at radius 1 is 1.26 bits per heavy atom. The topological polar surface area (TPSA) is 74.3 Å². The van der Waals surface area contributed by atoms with Gasteiger partial charge in [-0.05, 0) is 37.8 Å². The summed E-state index contributed by atoms with van der Waals surface area (Å²) >= 11 is 1.29. The van der Waals surface area contributed by atoms with Crippen LogP contribution in [0.5, 0.6) is 0 Å². The molecule has 2 amide bonds. The number of likely N-dealkylation sites (tertiary alicyclic amines) is 1. The van der Waals surface area contributed by atoms with Gasteiger partial charge >= 0.3 is 0 Å². The molecule has 2 N–H and O–H groups in total. The third-order valence-corrected chi connectivity index (χ3v) is 5.07. The van der Waals surface area contributed by atoms with Gasteiger partial charge in [0.05, 0.1) is 0 Å². The second-order valence-electron chi connectivity index (χ2n) is 5.77. The lowest BCUT2D eigenvalue weighted by molar-refractivity contribution is -0.114. The standard InChI is InChI=1S/C14H20N4O2S.2ClH/c1-9(19)16-14-17-12(8-21-14)13(20)18-4-2-10-6-15-7-11(10)3-5-18;;/h8,10-11,15H,2-7H2,1H3,(H,16,17,19);2*1H/t10-,11+;;. The fourth-order valence-electron chi connectivity index (χ4n) is 3.16. The Morgan fingerprint density at radius 2 is 1.87 bits per heavy atom. The molecule has 0 spiro atoms. The molecule has 2 aliphatic heterocycles. The molecule has 2 atom stereocenters. The van der Waals surface area contributed by atoms with Crippen molar-refractivity contribution in [2.24, 2.45) is 11.8 Å². The highest BCUT2D eigenvalue weighted by molar-refractivity contribution is 7.14. The van der Waals surface area contributed by atoms with Crippen LogP contribution in [0.3, 0.4) is 0 Å². The first kappa shape index (κ1) is 20.2. The van der Waals surface area contributed by atoms with Crippen LogP contribution >= 0.6 is 36.2 Å². The van der Waals surface area contributed by atoms with Crippen LogP contribution in [0.15, 0.2) is 5.38 Å². The summed E-state index contributed by atoms with van der Waals surface area (Å²) in [5, 5.41) is 8.26. The molecule has 1 aromatic rings. The molecule has 2 aliphatic rings. The highest BCUT2D eigenvalue weighted by Crippen LogP contribution is 2.28. The fourth-order valence-corrected chi connectivity index (χ4v) is 3.89. The van der Waals surface area contributed by atoms with Crippen LogP contribution in [0, 0.1) is 11.8 Å². The summed E-state index contributed by atoms with van der Waals surface area (Å²) in [6, 6.07) is 0. The Bertz CT molecular complexity index is 541. The Balaban J connectivity index is 0.00000132. The van der Waals surface area contributed by atoms with Crippen molar-refractivity contribution in [1.82, 2.24) is 15.2 Å². The molecule has 2 fully saturated rings. The van der Waals surface area contributed by atoms with E-state index in [0.29, 0.717) is 22.7 Å². The molecule has 6 nitrogen and oxygen atoms in total. The lowest BCUT2D eigenvalue weighted by atomic mass is 9.92. The van der Waals surface area contributed by atoms with Gasteiger partial charge < -0.3 is 15.5 Å². The van der Waals surface area contributed by atoms with E-state index >= 15 is 0 Å². The molecule has 3 heterocycles. The minimum atomic E-state index is -0.168. The Morgan fingerprint density at radius 3 is 2.43 bits per heavy atom. The Kier molecular flexibility index (Phi) is 7.73. The maximum absolute atomic E-state index is 12.5. The van der Waals surface area contributed by atoms with E-state index in [-0.39, 0.29) is 36.6 Å². The monoisotopic (exact) mass is 380 g/mol. The van der Waals surface area contributed by atoms with Crippen molar-refractivity contribution in [3.63, 3.8) is 0 Å². The van der Waals surface area contributed by atoms with Crippen molar-refractivity contribution in [1.29, 1.82) is 0 Å². The number of rotatable bonds is 2. The molecule has 0 aromatic carbocycles. The van der Waals surface area contributed by atoms with Gasteiger partial charge in [0.1, 0.15) is 5.69 Å². The maximum atomic E-state index is 12.5. The van der Waals surface area contributed by atoms with E-state index in [1.54, 1.807) is 5.38 Å². The molecule has 0 saturated carbocycles. The van der Waals surface area contributed by atoms with Crippen molar-refractivity contribution >= 4 is 53.1 Å². The number of carbonyl (C=O) groups excluding carboxylic acids is 2. The van der Waals surface area contributed by atoms with E-state index in [1.807, 2.05) is 4.90 Å². The van der Waals surface area contributed by atoms with E-state index in [4.69, 9.17) is 0 Å². The molecular weight excluding hydrogens is 359 g/mol. The number of amides is 2. The smallest absolute Gasteiger partial charge is 0.273 e. The number of anilines is 1. The number of nitrogens with zero attached hydrogens (tertiary/aromatic N) is 2. The first-order valence-corrected chi connectivity index (χ1v) is 8.24. The first-order chi connectivity index (χ1) is 10.1. The van der Waals surface area contributed by atoms with Gasteiger partial charge in [-0.1, -0.05) is 0 Å². The summed E-state index contributed by atoms with van der Waals surface area (Å²) in [7, 11) is 0. The largest absolute Gasteiger partial charge is 0.337 e. The zero-order valence-corrected chi connectivity index (χ0v) is 15.4. The van der Waals surface area contributed by atoms with Crippen LogP contribution in [0.25, 0.3) is 0 Å². The molecule has 1 aromatic heterocycles. The average molecular weight is 381 g/mol. The third-order valence-electron chi connectivity index (χ3n) is 4.31. The van der Waals surface area contributed by atoms with Gasteiger partial charge in [0.15, 0.2) is 5.13 Å². The predicted octanol–water partition coefficient (Wildman–Crippen LogP) is 2.02. The molecule has 130 valence electrons. The third kappa shape index (κ3) is 4.79. The van der Waals surface area contributed by atoms with E-state index < -0.39 is 0 Å². The van der Waals surface area contributed by atoms with Gasteiger partial charge in [0.25, 0.3) is 5.91 Å². The number of nitrogens with one attached hydrogen (secondary N) is 2. The first-order valence-electron chi connectivity index (χ1n) is 7.36. The Hall–Kier alpha value is -0.890. The molecule has 0 aliphatic carbocycles. The van der Waals surface area contributed by atoms with Crippen LogP contribution in [0.4, 0.5) is 5.13 Å². The van der Waals surface area contributed by atoms with Gasteiger partial charge in [-0.25, -0.2) is 4.98 Å². The molecule has 3 rings (SSSR count). The summed E-state index contributed by atoms with van der Waals surface area (Å²) in [6.07, 6.45) is 2.12. The zero-order chi connectivity index (χ0) is 14.8. The zero-order valence-electron chi connectivity index (χ0n) is 12.9. The molecular formula is C14H22Cl2N4O2S. The molecule has 2 saturated heterocycles. The molecule has 9 heteroatoms. The number of hydrogen-bond acceptors (Lipinski definition) is 5. The van der Waals surface area contributed by atoms with Crippen LogP contribution < -0.4 is 10.6 Å². The van der Waals surface area contributed by atoms with Crippen molar-refractivity contribution < 1.29 is 9.59 Å². The maximum Gasteiger partial charge on any atom is 0.273 e. The van der Waals surface area contributed by atoms with E-state index in [1.165, 1.54) is 18.3 Å². The summed E-state index contributed by atoms with van der Waals surface area (Å²) in [4.78, 5) is 29.6. The van der Waals surface area contributed by atoms with Crippen LogP contribution in [0.1, 0.15) is 30.3 Å². The highest BCUT2D eigenvalue weighted by Gasteiger charge is 2.32.